The Kier molecular flexibility index (Phi) is 3.06. The molecule has 0 aliphatic heterocycles. The summed E-state index contributed by atoms with van der Waals surface area (Å²) in [5.74, 6) is -0.130. The summed E-state index contributed by atoms with van der Waals surface area (Å²) in [6.07, 6.45) is 0. The van der Waals surface area contributed by atoms with Gasteiger partial charge >= 0.3 is 0 Å². The monoisotopic (exact) mass is 286 g/mol. The van der Waals surface area contributed by atoms with Gasteiger partial charge in [0.05, 0.1) is 5.56 Å². The fourth-order valence-corrected chi connectivity index (χ4v) is 1.93. The first-order chi connectivity index (χ1) is 10.0. The maximum Gasteiger partial charge on any atom is 0.262 e. The van der Waals surface area contributed by atoms with E-state index >= 15 is 0 Å². The fourth-order valence-electron chi connectivity index (χ4n) is 1.93. The number of benzene rings is 2. The van der Waals surface area contributed by atoms with Gasteiger partial charge in [-0.05, 0) is 42.8 Å². The van der Waals surface area contributed by atoms with Crippen LogP contribution >= 0.6 is 0 Å². The Morgan fingerprint density at radius 2 is 1.90 bits per heavy atom. The first-order valence-electron chi connectivity index (χ1n) is 6.17. The molecule has 0 saturated heterocycles. The van der Waals surface area contributed by atoms with Crippen molar-refractivity contribution < 1.29 is 19.1 Å². The second-order valence-electron chi connectivity index (χ2n) is 4.59. The van der Waals surface area contributed by atoms with Crippen molar-refractivity contribution in [2.45, 2.75) is 6.92 Å². The number of halogens is 1. The molecular weight excluding hydrogens is 275 g/mol. The molecule has 0 radical (unpaired) electrons. The molecule has 5 nitrogen and oxygen atoms in total. The van der Waals surface area contributed by atoms with E-state index in [1.807, 2.05) is 0 Å². The minimum atomic E-state index is -0.307. The van der Waals surface area contributed by atoms with Crippen LogP contribution in [0.1, 0.15) is 5.56 Å². The number of aromatic nitrogens is 2. The lowest BCUT2D eigenvalue weighted by molar-refractivity contribution is 0.423. The summed E-state index contributed by atoms with van der Waals surface area (Å²) in [4.78, 5) is 4.17. The summed E-state index contributed by atoms with van der Waals surface area (Å²) in [6, 6.07) is 8.55. The number of hydrogen-bond acceptors (Lipinski definition) is 5. The van der Waals surface area contributed by atoms with Crippen LogP contribution in [0, 0.1) is 12.7 Å². The Hall–Kier alpha value is -2.89. The summed E-state index contributed by atoms with van der Waals surface area (Å²) in [6.45, 7) is 1.64. The van der Waals surface area contributed by atoms with Gasteiger partial charge in [-0.25, -0.2) is 4.39 Å². The van der Waals surface area contributed by atoms with E-state index in [0.29, 0.717) is 22.5 Å². The lowest BCUT2D eigenvalue weighted by Gasteiger charge is -1.99. The Morgan fingerprint density at radius 1 is 1.10 bits per heavy atom. The second kappa shape index (κ2) is 4.90. The molecule has 0 aliphatic rings. The molecule has 6 heteroatoms. The van der Waals surface area contributed by atoms with Crippen molar-refractivity contribution in [2.24, 2.45) is 0 Å². The molecule has 2 aromatic carbocycles. The molecular formula is C15H11FN2O3. The van der Waals surface area contributed by atoms with Gasteiger partial charge in [0.2, 0.25) is 5.82 Å². The van der Waals surface area contributed by atoms with Crippen molar-refractivity contribution in [3.8, 4) is 34.3 Å². The predicted octanol–water partition coefficient (Wildman–Crippen LogP) is 3.26. The van der Waals surface area contributed by atoms with Gasteiger partial charge < -0.3 is 14.7 Å². The van der Waals surface area contributed by atoms with Crippen LogP contribution in [0.2, 0.25) is 0 Å². The molecule has 0 fully saturated rings. The van der Waals surface area contributed by atoms with Crippen molar-refractivity contribution >= 4 is 0 Å². The SMILES string of the molecule is Cc1cc(-c2noc(-c3ccc(O)cc3O)n2)ccc1F. The molecule has 0 bridgehead atoms. The molecule has 1 aromatic heterocycles. The van der Waals surface area contributed by atoms with Crippen molar-refractivity contribution in [1.82, 2.24) is 10.1 Å². The van der Waals surface area contributed by atoms with Gasteiger partial charge in [-0.3, -0.25) is 0 Å². The van der Waals surface area contributed by atoms with Crippen molar-refractivity contribution in [1.29, 1.82) is 0 Å². The van der Waals surface area contributed by atoms with E-state index in [1.165, 1.54) is 24.3 Å². The minimum absolute atomic E-state index is 0.0647. The van der Waals surface area contributed by atoms with Crippen LogP contribution in [0.5, 0.6) is 11.5 Å². The number of aromatic hydroxyl groups is 2. The molecule has 106 valence electrons. The van der Waals surface area contributed by atoms with E-state index in [9.17, 15) is 14.6 Å². The maximum atomic E-state index is 13.3. The molecule has 0 atom stereocenters. The minimum Gasteiger partial charge on any atom is -0.508 e. The van der Waals surface area contributed by atoms with Crippen LogP contribution in [0.25, 0.3) is 22.8 Å². The number of phenols is 2. The normalized spacial score (nSPS) is 10.8. The van der Waals surface area contributed by atoms with Crippen LogP contribution in [0.15, 0.2) is 40.9 Å². The van der Waals surface area contributed by atoms with Crippen molar-refractivity contribution in [3.63, 3.8) is 0 Å². The van der Waals surface area contributed by atoms with E-state index in [1.54, 1.807) is 19.1 Å². The highest BCUT2D eigenvalue weighted by atomic mass is 19.1. The summed E-state index contributed by atoms with van der Waals surface area (Å²) >= 11 is 0. The maximum absolute atomic E-state index is 13.3. The summed E-state index contributed by atoms with van der Waals surface area (Å²) < 4.78 is 18.4. The average Bonchev–Trinajstić information content (AvgIpc) is 2.91. The predicted molar refractivity (Wildman–Crippen MR) is 73.2 cm³/mol. The summed E-state index contributed by atoms with van der Waals surface area (Å²) in [5, 5.41) is 22.8. The van der Waals surface area contributed by atoms with Crippen LogP contribution in [0.4, 0.5) is 4.39 Å². The van der Waals surface area contributed by atoms with Gasteiger partial charge in [-0.2, -0.15) is 4.98 Å². The first-order valence-corrected chi connectivity index (χ1v) is 6.17. The van der Waals surface area contributed by atoms with Gasteiger partial charge in [-0.15, -0.1) is 0 Å². The van der Waals surface area contributed by atoms with Gasteiger partial charge in [0.1, 0.15) is 17.3 Å². The molecule has 2 N–H and O–H groups in total. The third kappa shape index (κ3) is 2.43. The Bertz CT molecular complexity index is 814. The van der Waals surface area contributed by atoms with E-state index in [0.717, 1.165) is 0 Å². The number of phenolic OH excluding ortho intramolecular Hbond substituents is 2. The molecule has 0 unspecified atom stereocenters. The van der Waals surface area contributed by atoms with Gasteiger partial charge in [0.15, 0.2) is 0 Å². The van der Waals surface area contributed by atoms with E-state index in [2.05, 4.69) is 10.1 Å². The standard InChI is InChI=1S/C15H11FN2O3/c1-8-6-9(2-5-12(8)16)14-17-15(21-18-14)11-4-3-10(19)7-13(11)20/h2-7,19-20H,1H3. The van der Waals surface area contributed by atoms with Crippen LogP contribution in [-0.2, 0) is 0 Å². The highest BCUT2D eigenvalue weighted by Crippen LogP contribution is 2.32. The van der Waals surface area contributed by atoms with Crippen LogP contribution in [-0.4, -0.2) is 20.4 Å². The van der Waals surface area contributed by atoms with E-state index in [4.69, 9.17) is 4.52 Å². The summed E-state index contributed by atoms with van der Waals surface area (Å²) in [5.41, 5.74) is 1.40. The molecule has 0 amide bonds. The van der Waals surface area contributed by atoms with Gasteiger partial charge in [0, 0.05) is 11.6 Å². The average molecular weight is 286 g/mol. The zero-order valence-electron chi connectivity index (χ0n) is 11.0. The molecule has 3 rings (SSSR count). The number of nitrogens with zero attached hydrogens (tertiary/aromatic N) is 2. The molecule has 21 heavy (non-hydrogen) atoms. The molecule has 3 aromatic rings. The first kappa shape index (κ1) is 13.1. The Balaban J connectivity index is 2.01. The van der Waals surface area contributed by atoms with Gasteiger partial charge in [-0.1, -0.05) is 5.16 Å². The van der Waals surface area contributed by atoms with E-state index < -0.39 is 0 Å². The number of aryl methyl sites for hydroxylation is 1. The topological polar surface area (TPSA) is 79.4 Å². The smallest absolute Gasteiger partial charge is 0.262 e. The molecule has 0 spiro atoms. The number of hydrogen-bond donors (Lipinski definition) is 2. The molecule has 0 aliphatic carbocycles. The van der Waals surface area contributed by atoms with Crippen molar-refractivity contribution in [2.75, 3.05) is 0 Å². The zero-order valence-corrected chi connectivity index (χ0v) is 11.0. The Morgan fingerprint density at radius 3 is 2.62 bits per heavy atom. The molecule has 0 saturated carbocycles. The second-order valence-corrected chi connectivity index (χ2v) is 4.59. The highest BCUT2D eigenvalue weighted by Gasteiger charge is 2.15. The quantitative estimate of drug-likeness (QED) is 0.756. The Labute approximate surface area is 119 Å². The molecule has 1 heterocycles. The lowest BCUT2D eigenvalue weighted by atomic mass is 10.1. The fraction of sp³-hybridized carbons (Fsp3) is 0.0667. The zero-order chi connectivity index (χ0) is 15.0. The summed E-state index contributed by atoms with van der Waals surface area (Å²) in [7, 11) is 0. The number of rotatable bonds is 2. The van der Waals surface area contributed by atoms with Gasteiger partial charge in [0.25, 0.3) is 5.89 Å². The lowest BCUT2D eigenvalue weighted by Crippen LogP contribution is -1.86. The van der Waals surface area contributed by atoms with Crippen molar-refractivity contribution in [3.05, 3.63) is 47.8 Å². The van der Waals surface area contributed by atoms with Crippen LogP contribution < -0.4 is 0 Å². The highest BCUT2D eigenvalue weighted by molar-refractivity contribution is 5.66. The third-order valence-corrected chi connectivity index (χ3v) is 3.05. The third-order valence-electron chi connectivity index (χ3n) is 3.05. The largest absolute Gasteiger partial charge is 0.508 e. The van der Waals surface area contributed by atoms with E-state index in [-0.39, 0.29) is 23.2 Å². The van der Waals surface area contributed by atoms with Crippen LogP contribution in [0.3, 0.4) is 0 Å².